The Labute approximate surface area is 120 Å². The van der Waals surface area contributed by atoms with Gasteiger partial charge in [-0.05, 0) is 31.7 Å². The van der Waals surface area contributed by atoms with Gasteiger partial charge >= 0.3 is 5.97 Å². The summed E-state index contributed by atoms with van der Waals surface area (Å²) in [5, 5.41) is 9.48. The zero-order valence-corrected chi connectivity index (χ0v) is 12.1. The van der Waals surface area contributed by atoms with Crippen LogP contribution in [0.4, 0.5) is 5.00 Å². The Morgan fingerprint density at radius 2 is 1.85 bits per heavy atom. The molecule has 6 heteroatoms. The molecule has 5 nitrogen and oxygen atoms in total. The number of fused-ring (bicyclic) bond motifs is 1. The van der Waals surface area contributed by atoms with Gasteiger partial charge in [-0.15, -0.1) is 11.3 Å². The zero-order valence-electron chi connectivity index (χ0n) is 11.3. The van der Waals surface area contributed by atoms with Gasteiger partial charge in [-0.25, -0.2) is 9.69 Å². The van der Waals surface area contributed by atoms with Gasteiger partial charge in [-0.3, -0.25) is 9.59 Å². The molecule has 0 bridgehead atoms. The van der Waals surface area contributed by atoms with Crippen LogP contribution in [0, 0.1) is 24.7 Å². The highest BCUT2D eigenvalue weighted by Gasteiger charge is 2.53. The first-order valence-electron chi connectivity index (χ1n) is 6.61. The lowest BCUT2D eigenvalue weighted by Crippen LogP contribution is -2.32. The third kappa shape index (κ3) is 1.78. The number of hydrogen-bond donors (Lipinski definition) is 1. The van der Waals surface area contributed by atoms with Gasteiger partial charge in [0.1, 0.15) is 5.00 Å². The molecule has 2 aliphatic rings. The fourth-order valence-electron chi connectivity index (χ4n) is 3.30. The maximum Gasteiger partial charge on any atom is 0.338 e. The second-order valence-electron chi connectivity index (χ2n) is 5.68. The van der Waals surface area contributed by atoms with E-state index in [1.54, 1.807) is 6.92 Å². The van der Waals surface area contributed by atoms with E-state index < -0.39 is 5.97 Å². The molecule has 1 N–H and O–H groups in total. The molecule has 20 heavy (non-hydrogen) atoms. The number of nitrogens with zero attached hydrogens (tertiary/aromatic N) is 1. The van der Waals surface area contributed by atoms with Crippen LogP contribution in [0.5, 0.6) is 0 Å². The van der Waals surface area contributed by atoms with Crippen LogP contribution >= 0.6 is 11.3 Å². The molecule has 1 aliphatic carbocycles. The number of hydrogen-bond acceptors (Lipinski definition) is 4. The quantitative estimate of drug-likeness (QED) is 0.849. The van der Waals surface area contributed by atoms with Crippen LogP contribution in [0.25, 0.3) is 0 Å². The fraction of sp³-hybridized carbons (Fsp3) is 0.500. The lowest BCUT2D eigenvalue weighted by molar-refractivity contribution is -0.122. The molecule has 2 fully saturated rings. The van der Waals surface area contributed by atoms with Crippen molar-refractivity contribution in [3.63, 3.8) is 0 Å². The first kappa shape index (κ1) is 13.3. The molecule has 1 aromatic heterocycles. The van der Waals surface area contributed by atoms with E-state index in [1.165, 1.54) is 17.4 Å². The van der Waals surface area contributed by atoms with E-state index in [-0.39, 0.29) is 34.2 Å². The SMILES string of the molecule is Cc1cc(C(=O)O)c(N2C(=O)C3CC(C)CC3C2=O)s1. The van der Waals surface area contributed by atoms with Crippen molar-refractivity contribution in [2.24, 2.45) is 17.8 Å². The summed E-state index contributed by atoms with van der Waals surface area (Å²) >= 11 is 1.19. The Balaban J connectivity index is 2.02. The number of carboxylic acids is 1. The number of anilines is 1. The highest BCUT2D eigenvalue weighted by molar-refractivity contribution is 7.17. The van der Waals surface area contributed by atoms with E-state index in [1.807, 2.05) is 6.92 Å². The average Bonchev–Trinajstić information content (AvgIpc) is 2.97. The van der Waals surface area contributed by atoms with Crippen molar-refractivity contribution < 1.29 is 19.5 Å². The smallest absolute Gasteiger partial charge is 0.338 e. The largest absolute Gasteiger partial charge is 0.478 e. The lowest BCUT2D eigenvalue weighted by Gasteiger charge is -2.15. The second-order valence-corrected chi connectivity index (χ2v) is 6.92. The number of carbonyl (C=O) groups is 3. The number of aromatic carboxylic acids is 1. The summed E-state index contributed by atoms with van der Waals surface area (Å²) in [6.07, 6.45) is 1.44. The van der Waals surface area contributed by atoms with Gasteiger partial charge in [0, 0.05) is 4.88 Å². The van der Waals surface area contributed by atoms with E-state index in [4.69, 9.17) is 0 Å². The number of amides is 2. The van der Waals surface area contributed by atoms with E-state index in [0.717, 1.165) is 22.6 Å². The van der Waals surface area contributed by atoms with Crippen LogP contribution in [0.2, 0.25) is 0 Å². The van der Waals surface area contributed by atoms with Gasteiger partial charge in [-0.1, -0.05) is 6.92 Å². The number of aryl methyl sites for hydroxylation is 1. The lowest BCUT2D eigenvalue weighted by atomic mass is 10.00. The predicted molar refractivity (Wildman–Crippen MR) is 73.9 cm³/mol. The van der Waals surface area contributed by atoms with E-state index in [2.05, 4.69) is 0 Å². The summed E-state index contributed by atoms with van der Waals surface area (Å²) in [5.74, 6) is -1.70. The van der Waals surface area contributed by atoms with Crippen molar-refractivity contribution in [1.29, 1.82) is 0 Å². The molecule has 0 aromatic carbocycles. The van der Waals surface area contributed by atoms with Crippen molar-refractivity contribution in [3.8, 4) is 0 Å². The summed E-state index contributed by atoms with van der Waals surface area (Å²) in [6.45, 7) is 3.82. The highest BCUT2D eigenvalue weighted by atomic mass is 32.1. The second kappa shape index (κ2) is 4.41. The van der Waals surface area contributed by atoms with Crippen LogP contribution in [-0.4, -0.2) is 22.9 Å². The van der Waals surface area contributed by atoms with Gasteiger partial charge in [0.15, 0.2) is 0 Å². The molecule has 3 rings (SSSR count). The maximum absolute atomic E-state index is 12.4. The number of rotatable bonds is 2. The van der Waals surface area contributed by atoms with Gasteiger partial charge in [0.05, 0.1) is 17.4 Å². The Hall–Kier alpha value is -1.69. The molecule has 2 heterocycles. The van der Waals surface area contributed by atoms with Crippen LogP contribution in [0.1, 0.15) is 35.0 Å². The Kier molecular flexibility index (Phi) is 2.93. The highest BCUT2D eigenvalue weighted by Crippen LogP contribution is 2.46. The Morgan fingerprint density at radius 3 is 2.35 bits per heavy atom. The van der Waals surface area contributed by atoms with Crippen LogP contribution in [0.15, 0.2) is 6.07 Å². The minimum absolute atomic E-state index is 0.0437. The summed E-state index contributed by atoms with van der Waals surface area (Å²) < 4.78 is 0. The van der Waals surface area contributed by atoms with Gasteiger partial charge in [0.25, 0.3) is 0 Å². The molecule has 106 valence electrons. The standard InChI is InChI=1S/C14H15NO4S/c1-6-3-8-9(4-6)12(17)15(11(8)16)13-10(14(18)19)5-7(2)20-13/h5-6,8-9H,3-4H2,1-2H3,(H,18,19). The van der Waals surface area contributed by atoms with Crippen molar-refractivity contribution >= 4 is 34.1 Å². The van der Waals surface area contributed by atoms with Crippen molar-refractivity contribution in [3.05, 3.63) is 16.5 Å². The molecular formula is C14H15NO4S. The summed E-state index contributed by atoms with van der Waals surface area (Å²) in [4.78, 5) is 38.0. The van der Waals surface area contributed by atoms with Crippen molar-refractivity contribution in [1.82, 2.24) is 0 Å². The first-order valence-corrected chi connectivity index (χ1v) is 7.43. The number of imide groups is 1. The van der Waals surface area contributed by atoms with E-state index in [0.29, 0.717) is 5.92 Å². The summed E-state index contributed by atoms with van der Waals surface area (Å²) in [6, 6.07) is 1.51. The van der Waals surface area contributed by atoms with Gasteiger partial charge in [0.2, 0.25) is 11.8 Å². The predicted octanol–water partition coefficient (Wildman–Crippen LogP) is 2.29. The average molecular weight is 293 g/mol. The monoisotopic (exact) mass is 293 g/mol. The molecule has 1 aliphatic heterocycles. The van der Waals surface area contributed by atoms with Gasteiger partial charge < -0.3 is 5.11 Å². The van der Waals surface area contributed by atoms with Gasteiger partial charge in [-0.2, -0.15) is 0 Å². The molecular weight excluding hydrogens is 278 g/mol. The molecule has 1 aromatic rings. The number of carboxylic acid groups (broad SMARTS) is 1. The summed E-state index contributed by atoms with van der Waals surface area (Å²) in [5.41, 5.74) is 0.0437. The third-order valence-corrected chi connectivity index (χ3v) is 5.18. The maximum atomic E-state index is 12.4. The Bertz CT molecular complexity index is 597. The number of carbonyl (C=O) groups excluding carboxylic acids is 2. The Morgan fingerprint density at radius 1 is 1.30 bits per heavy atom. The van der Waals surface area contributed by atoms with Crippen molar-refractivity contribution in [2.45, 2.75) is 26.7 Å². The first-order chi connectivity index (χ1) is 9.40. The normalized spacial score (nSPS) is 29.1. The van der Waals surface area contributed by atoms with Crippen LogP contribution < -0.4 is 4.90 Å². The fourth-order valence-corrected chi connectivity index (χ4v) is 4.31. The van der Waals surface area contributed by atoms with Crippen LogP contribution in [0.3, 0.4) is 0 Å². The molecule has 0 spiro atoms. The molecule has 1 saturated carbocycles. The molecule has 2 atom stereocenters. The summed E-state index contributed by atoms with van der Waals surface area (Å²) in [7, 11) is 0. The molecule has 2 unspecified atom stereocenters. The number of thiophene rings is 1. The van der Waals surface area contributed by atoms with Crippen molar-refractivity contribution in [2.75, 3.05) is 4.90 Å². The molecule has 1 saturated heterocycles. The minimum atomic E-state index is -1.10. The molecule has 0 radical (unpaired) electrons. The third-order valence-electron chi connectivity index (χ3n) is 4.14. The van der Waals surface area contributed by atoms with Crippen LogP contribution in [-0.2, 0) is 9.59 Å². The molecule has 2 amide bonds. The van der Waals surface area contributed by atoms with E-state index >= 15 is 0 Å². The minimum Gasteiger partial charge on any atom is -0.478 e. The van der Waals surface area contributed by atoms with E-state index in [9.17, 15) is 19.5 Å². The topological polar surface area (TPSA) is 74.7 Å². The zero-order chi connectivity index (χ0) is 14.6.